The molecule has 1 rings (SSSR count). The number of alkyl halides is 3. The molecule has 88 valence electrons. The first-order valence-electron chi connectivity index (χ1n) is 4.34. The quantitative estimate of drug-likeness (QED) is 0.836. The Balaban J connectivity index is 2.88. The average molecular weight is 295 g/mol. The second-order valence-electron chi connectivity index (χ2n) is 3.17. The Morgan fingerprint density at radius 2 is 2.06 bits per heavy atom. The van der Waals surface area contributed by atoms with Crippen molar-refractivity contribution in [2.75, 3.05) is 17.6 Å². The molecule has 0 bridgehead atoms. The summed E-state index contributed by atoms with van der Waals surface area (Å²) >= 11 is 3.12. The van der Waals surface area contributed by atoms with Crippen molar-refractivity contribution < 1.29 is 13.2 Å². The average Bonchev–Trinajstić information content (AvgIpc) is 2.14. The molecule has 0 saturated heterocycles. The number of anilines is 2. The van der Waals surface area contributed by atoms with Crippen LogP contribution in [0, 0.1) is 0 Å². The van der Waals surface area contributed by atoms with E-state index in [1.807, 2.05) is 0 Å². The van der Waals surface area contributed by atoms with E-state index in [1.54, 1.807) is 0 Å². The highest BCUT2D eigenvalue weighted by Gasteiger charge is 2.30. The number of hydrogen-bond acceptors (Lipinski definition) is 2. The summed E-state index contributed by atoms with van der Waals surface area (Å²) in [5.41, 5.74) is 5.25. The van der Waals surface area contributed by atoms with Crippen LogP contribution in [0.2, 0.25) is 0 Å². The summed E-state index contributed by atoms with van der Waals surface area (Å²) in [6.45, 7) is 3.99. The predicted octanol–water partition coefficient (Wildman–Crippen LogP) is 3.61. The zero-order chi connectivity index (χ0) is 12.3. The van der Waals surface area contributed by atoms with Gasteiger partial charge in [0.15, 0.2) is 0 Å². The molecule has 16 heavy (non-hydrogen) atoms. The molecule has 0 unspecified atom stereocenters. The van der Waals surface area contributed by atoms with Gasteiger partial charge in [0.1, 0.15) is 0 Å². The molecule has 2 nitrogen and oxygen atoms in total. The minimum absolute atomic E-state index is 0.0589. The number of nitrogens with two attached hydrogens (primary N) is 1. The van der Waals surface area contributed by atoms with Crippen molar-refractivity contribution in [1.29, 1.82) is 0 Å². The molecular formula is C10H10BrF3N2. The smallest absolute Gasteiger partial charge is 0.397 e. The molecule has 0 fully saturated rings. The standard InChI is InChI=1S/C10H10BrF3N2/c1-6(11)5-16-9-3-2-7(4-8(9)15)10(12,13)14/h2-4,16H,1,5,15H2. The summed E-state index contributed by atoms with van der Waals surface area (Å²) in [6.07, 6.45) is -4.37. The van der Waals surface area contributed by atoms with Gasteiger partial charge in [0.25, 0.3) is 0 Å². The van der Waals surface area contributed by atoms with Crippen LogP contribution in [0.15, 0.2) is 29.3 Å². The van der Waals surface area contributed by atoms with Crippen LogP contribution in [0.25, 0.3) is 0 Å². The second-order valence-corrected chi connectivity index (χ2v) is 4.29. The molecule has 0 aromatic heterocycles. The Morgan fingerprint density at radius 3 is 2.50 bits per heavy atom. The van der Waals surface area contributed by atoms with E-state index in [0.717, 1.165) is 12.1 Å². The molecule has 0 saturated carbocycles. The lowest BCUT2D eigenvalue weighted by molar-refractivity contribution is -0.137. The fraction of sp³-hybridized carbons (Fsp3) is 0.200. The first-order valence-corrected chi connectivity index (χ1v) is 5.14. The molecule has 0 spiro atoms. The zero-order valence-electron chi connectivity index (χ0n) is 8.24. The lowest BCUT2D eigenvalue weighted by Crippen LogP contribution is -2.08. The van der Waals surface area contributed by atoms with Crippen LogP contribution in [0.5, 0.6) is 0 Å². The number of rotatable bonds is 3. The summed E-state index contributed by atoms with van der Waals surface area (Å²) in [4.78, 5) is 0. The Morgan fingerprint density at radius 1 is 1.44 bits per heavy atom. The van der Waals surface area contributed by atoms with Crippen molar-refractivity contribution >= 4 is 27.3 Å². The third kappa shape index (κ3) is 3.44. The highest BCUT2D eigenvalue weighted by Crippen LogP contribution is 2.32. The lowest BCUT2D eigenvalue weighted by atomic mass is 10.1. The van der Waals surface area contributed by atoms with Crippen molar-refractivity contribution in [2.24, 2.45) is 0 Å². The highest BCUT2D eigenvalue weighted by molar-refractivity contribution is 9.11. The Labute approximate surface area is 99.5 Å². The minimum atomic E-state index is -4.37. The van der Waals surface area contributed by atoms with E-state index >= 15 is 0 Å². The topological polar surface area (TPSA) is 38.0 Å². The van der Waals surface area contributed by atoms with E-state index in [2.05, 4.69) is 27.8 Å². The number of halogens is 4. The van der Waals surface area contributed by atoms with Crippen LogP contribution >= 0.6 is 15.9 Å². The first-order chi connectivity index (χ1) is 7.30. The van der Waals surface area contributed by atoms with Gasteiger partial charge in [-0.05, 0) is 18.2 Å². The number of nitrogen functional groups attached to an aromatic ring is 1. The first kappa shape index (κ1) is 12.9. The number of nitrogens with one attached hydrogen (secondary N) is 1. The summed E-state index contributed by atoms with van der Waals surface area (Å²) in [5.74, 6) is 0. The van der Waals surface area contributed by atoms with E-state index in [4.69, 9.17) is 5.73 Å². The number of hydrogen-bond donors (Lipinski definition) is 2. The minimum Gasteiger partial charge on any atom is -0.397 e. The Kier molecular flexibility index (Phi) is 3.85. The van der Waals surface area contributed by atoms with Gasteiger partial charge >= 0.3 is 6.18 Å². The normalized spacial score (nSPS) is 11.2. The molecule has 0 atom stereocenters. The van der Waals surface area contributed by atoms with Gasteiger partial charge in [-0.15, -0.1) is 0 Å². The maximum Gasteiger partial charge on any atom is 0.416 e. The molecule has 1 aromatic rings. The largest absolute Gasteiger partial charge is 0.416 e. The fourth-order valence-corrected chi connectivity index (χ4v) is 1.23. The summed E-state index contributed by atoms with van der Waals surface area (Å²) in [6, 6.07) is 3.18. The SMILES string of the molecule is C=C(Br)CNc1ccc(C(F)(F)F)cc1N. The van der Waals surface area contributed by atoms with Crippen molar-refractivity contribution in [3.8, 4) is 0 Å². The van der Waals surface area contributed by atoms with Crippen LogP contribution in [0.3, 0.4) is 0 Å². The van der Waals surface area contributed by atoms with Gasteiger partial charge in [-0.1, -0.05) is 22.5 Å². The van der Waals surface area contributed by atoms with E-state index in [1.165, 1.54) is 6.07 Å². The van der Waals surface area contributed by atoms with Crippen LogP contribution in [0.4, 0.5) is 24.5 Å². The van der Waals surface area contributed by atoms with Crippen molar-refractivity contribution in [3.05, 3.63) is 34.8 Å². The second kappa shape index (κ2) is 4.78. The van der Waals surface area contributed by atoms with Gasteiger partial charge in [-0.3, -0.25) is 0 Å². The van der Waals surface area contributed by atoms with Gasteiger partial charge in [-0.25, -0.2) is 0 Å². The predicted molar refractivity (Wildman–Crippen MR) is 62.4 cm³/mol. The van der Waals surface area contributed by atoms with Gasteiger partial charge in [0.2, 0.25) is 0 Å². The van der Waals surface area contributed by atoms with Gasteiger partial charge < -0.3 is 11.1 Å². The number of benzene rings is 1. The van der Waals surface area contributed by atoms with E-state index in [9.17, 15) is 13.2 Å². The monoisotopic (exact) mass is 294 g/mol. The fourth-order valence-electron chi connectivity index (χ4n) is 1.09. The zero-order valence-corrected chi connectivity index (χ0v) is 9.82. The molecule has 0 heterocycles. The molecular weight excluding hydrogens is 285 g/mol. The van der Waals surface area contributed by atoms with Crippen LogP contribution in [-0.2, 0) is 6.18 Å². The summed E-state index contributed by atoms with van der Waals surface area (Å²) in [5, 5.41) is 2.85. The molecule has 3 N–H and O–H groups in total. The third-order valence-electron chi connectivity index (χ3n) is 1.85. The lowest BCUT2D eigenvalue weighted by Gasteiger charge is -2.12. The summed E-state index contributed by atoms with van der Waals surface area (Å²) < 4.78 is 37.6. The molecule has 1 aromatic carbocycles. The van der Waals surface area contributed by atoms with E-state index in [0.29, 0.717) is 16.7 Å². The van der Waals surface area contributed by atoms with Gasteiger partial charge in [-0.2, -0.15) is 13.2 Å². The van der Waals surface area contributed by atoms with Crippen molar-refractivity contribution in [1.82, 2.24) is 0 Å². The van der Waals surface area contributed by atoms with Gasteiger partial charge in [0, 0.05) is 11.0 Å². The van der Waals surface area contributed by atoms with Gasteiger partial charge in [0.05, 0.1) is 16.9 Å². The molecule has 0 aliphatic heterocycles. The maximum absolute atomic E-state index is 12.3. The van der Waals surface area contributed by atoms with E-state index in [-0.39, 0.29) is 5.69 Å². The Hall–Kier alpha value is -1.17. The van der Waals surface area contributed by atoms with Crippen molar-refractivity contribution in [2.45, 2.75) is 6.18 Å². The maximum atomic E-state index is 12.3. The Bertz CT molecular complexity index is 402. The molecule has 0 amide bonds. The molecule has 0 radical (unpaired) electrons. The molecule has 0 aliphatic rings. The molecule has 0 aliphatic carbocycles. The van der Waals surface area contributed by atoms with Crippen molar-refractivity contribution in [3.63, 3.8) is 0 Å². The van der Waals surface area contributed by atoms with Crippen LogP contribution < -0.4 is 11.1 Å². The summed E-state index contributed by atoms with van der Waals surface area (Å²) in [7, 11) is 0. The molecule has 6 heteroatoms. The van der Waals surface area contributed by atoms with E-state index < -0.39 is 11.7 Å². The van der Waals surface area contributed by atoms with Crippen LogP contribution in [-0.4, -0.2) is 6.54 Å². The highest BCUT2D eigenvalue weighted by atomic mass is 79.9. The third-order valence-corrected chi connectivity index (χ3v) is 2.13. The van der Waals surface area contributed by atoms with Crippen LogP contribution in [0.1, 0.15) is 5.56 Å².